The Balaban J connectivity index is 1.99. The Labute approximate surface area is 148 Å². The second-order valence-corrected chi connectivity index (χ2v) is 7.41. The normalized spacial score (nSPS) is 11.2. The smallest absolute Gasteiger partial charge is 0.241 e. The van der Waals surface area contributed by atoms with Gasteiger partial charge in [-0.1, -0.05) is 30.3 Å². The minimum absolute atomic E-state index is 0.140. The molecule has 0 radical (unpaired) electrons. The van der Waals surface area contributed by atoms with Crippen molar-refractivity contribution in [1.82, 2.24) is 10.0 Å². The van der Waals surface area contributed by atoms with Crippen LogP contribution in [0.3, 0.4) is 0 Å². The van der Waals surface area contributed by atoms with Gasteiger partial charge in [0.25, 0.3) is 0 Å². The van der Waals surface area contributed by atoms with Crippen LogP contribution >= 0.6 is 0 Å². The summed E-state index contributed by atoms with van der Waals surface area (Å²) in [4.78, 5) is 12.0. The number of methoxy groups -OCH3 is 1. The maximum atomic E-state index is 12.5. The molecule has 0 aliphatic carbocycles. The molecular formula is C18H22N2O4S. The third-order valence-electron chi connectivity index (χ3n) is 3.74. The molecular weight excluding hydrogens is 340 g/mol. The minimum atomic E-state index is -3.78. The van der Waals surface area contributed by atoms with Gasteiger partial charge < -0.3 is 10.1 Å². The first-order valence-corrected chi connectivity index (χ1v) is 9.27. The summed E-state index contributed by atoms with van der Waals surface area (Å²) in [7, 11) is -2.25. The van der Waals surface area contributed by atoms with Gasteiger partial charge in [0.1, 0.15) is 5.75 Å². The van der Waals surface area contributed by atoms with E-state index < -0.39 is 15.9 Å². The maximum Gasteiger partial charge on any atom is 0.241 e. The van der Waals surface area contributed by atoms with E-state index in [1.807, 2.05) is 30.3 Å². The molecule has 0 atom stereocenters. The van der Waals surface area contributed by atoms with E-state index in [0.29, 0.717) is 23.4 Å². The highest BCUT2D eigenvalue weighted by molar-refractivity contribution is 7.89. The topological polar surface area (TPSA) is 84.5 Å². The molecule has 0 aliphatic rings. The summed E-state index contributed by atoms with van der Waals surface area (Å²) in [6.45, 7) is 3.48. The Hall–Kier alpha value is -2.38. The van der Waals surface area contributed by atoms with Crippen molar-refractivity contribution in [1.29, 1.82) is 0 Å². The summed E-state index contributed by atoms with van der Waals surface area (Å²) in [5.41, 5.74) is 2.21. The van der Waals surface area contributed by atoms with Gasteiger partial charge in [-0.3, -0.25) is 4.79 Å². The lowest BCUT2D eigenvalue weighted by Crippen LogP contribution is -2.36. The fraction of sp³-hybridized carbons (Fsp3) is 0.278. The second kappa shape index (κ2) is 8.13. The van der Waals surface area contributed by atoms with Crippen molar-refractivity contribution in [3.05, 3.63) is 59.2 Å². The molecule has 6 nitrogen and oxygen atoms in total. The van der Waals surface area contributed by atoms with Gasteiger partial charge in [-0.25, -0.2) is 13.1 Å². The SMILES string of the molecule is COc1cc(C)c(S(=O)(=O)NCC(=O)NCc2ccccc2)cc1C. The molecule has 0 aromatic heterocycles. The molecule has 7 heteroatoms. The van der Waals surface area contributed by atoms with Crippen molar-refractivity contribution in [2.45, 2.75) is 25.3 Å². The molecule has 0 heterocycles. The van der Waals surface area contributed by atoms with Gasteiger partial charge in [0.15, 0.2) is 0 Å². The summed E-state index contributed by atoms with van der Waals surface area (Å²) in [5, 5.41) is 2.68. The molecule has 2 N–H and O–H groups in total. The van der Waals surface area contributed by atoms with Crippen LogP contribution in [0.5, 0.6) is 5.75 Å². The monoisotopic (exact) mass is 362 g/mol. The Morgan fingerprint density at radius 3 is 2.40 bits per heavy atom. The number of hydrogen-bond donors (Lipinski definition) is 2. The number of amides is 1. The van der Waals surface area contributed by atoms with Crippen LogP contribution < -0.4 is 14.8 Å². The van der Waals surface area contributed by atoms with E-state index in [1.54, 1.807) is 26.0 Å². The fourth-order valence-corrected chi connectivity index (χ4v) is 3.66. The maximum absolute atomic E-state index is 12.5. The molecule has 0 saturated heterocycles. The number of ether oxygens (including phenoxy) is 1. The zero-order chi connectivity index (χ0) is 18.4. The number of hydrogen-bond acceptors (Lipinski definition) is 4. The van der Waals surface area contributed by atoms with Crippen molar-refractivity contribution in [3.8, 4) is 5.75 Å². The molecule has 0 aliphatic heterocycles. The van der Waals surface area contributed by atoms with Gasteiger partial charge in [0, 0.05) is 6.54 Å². The molecule has 1 amide bonds. The summed E-state index contributed by atoms with van der Waals surface area (Å²) in [6.07, 6.45) is 0. The number of aryl methyl sites for hydroxylation is 2. The molecule has 0 saturated carbocycles. The first-order chi connectivity index (χ1) is 11.8. The number of benzene rings is 2. The summed E-state index contributed by atoms with van der Waals surface area (Å²) in [6, 6.07) is 12.6. The van der Waals surface area contributed by atoms with E-state index in [9.17, 15) is 13.2 Å². The molecule has 134 valence electrons. The van der Waals surface area contributed by atoms with Crippen LogP contribution in [0.2, 0.25) is 0 Å². The van der Waals surface area contributed by atoms with Gasteiger partial charge in [-0.05, 0) is 42.7 Å². The molecule has 0 spiro atoms. The van der Waals surface area contributed by atoms with Crippen molar-refractivity contribution < 1.29 is 17.9 Å². The predicted octanol–water partition coefficient (Wildman–Crippen LogP) is 1.91. The molecule has 0 unspecified atom stereocenters. The molecule has 0 fully saturated rings. The third kappa shape index (κ3) is 5.04. The lowest BCUT2D eigenvalue weighted by atomic mass is 10.1. The Morgan fingerprint density at radius 2 is 1.76 bits per heavy atom. The van der Waals surface area contributed by atoms with Crippen LogP contribution in [0.25, 0.3) is 0 Å². The van der Waals surface area contributed by atoms with Crippen molar-refractivity contribution in [2.24, 2.45) is 0 Å². The van der Waals surface area contributed by atoms with E-state index >= 15 is 0 Å². The van der Waals surface area contributed by atoms with Crippen molar-refractivity contribution in [3.63, 3.8) is 0 Å². The van der Waals surface area contributed by atoms with E-state index in [-0.39, 0.29) is 11.4 Å². The van der Waals surface area contributed by atoms with Crippen molar-refractivity contribution in [2.75, 3.05) is 13.7 Å². The zero-order valence-electron chi connectivity index (χ0n) is 14.5. The van der Waals surface area contributed by atoms with Gasteiger partial charge in [-0.2, -0.15) is 0 Å². The Bertz CT molecular complexity index is 849. The highest BCUT2D eigenvalue weighted by Gasteiger charge is 2.19. The van der Waals surface area contributed by atoms with E-state index in [2.05, 4.69) is 10.0 Å². The lowest BCUT2D eigenvalue weighted by Gasteiger charge is -2.13. The average molecular weight is 362 g/mol. The largest absolute Gasteiger partial charge is 0.496 e. The van der Waals surface area contributed by atoms with E-state index in [1.165, 1.54) is 7.11 Å². The van der Waals surface area contributed by atoms with Gasteiger partial charge >= 0.3 is 0 Å². The average Bonchev–Trinajstić information content (AvgIpc) is 2.60. The second-order valence-electron chi connectivity index (χ2n) is 5.67. The molecule has 2 aromatic rings. The lowest BCUT2D eigenvalue weighted by molar-refractivity contribution is -0.120. The number of sulfonamides is 1. The van der Waals surface area contributed by atoms with Gasteiger partial charge in [0.2, 0.25) is 15.9 Å². The summed E-state index contributed by atoms with van der Waals surface area (Å²) in [5.74, 6) is 0.229. The van der Waals surface area contributed by atoms with E-state index in [0.717, 1.165) is 5.56 Å². The van der Waals surface area contributed by atoms with Crippen LogP contribution in [0.1, 0.15) is 16.7 Å². The van der Waals surface area contributed by atoms with Gasteiger partial charge in [0.05, 0.1) is 18.6 Å². The first-order valence-electron chi connectivity index (χ1n) is 7.79. The minimum Gasteiger partial charge on any atom is -0.496 e. The van der Waals surface area contributed by atoms with Crippen LogP contribution in [0, 0.1) is 13.8 Å². The van der Waals surface area contributed by atoms with Crippen molar-refractivity contribution >= 4 is 15.9 Å². The number of nitrogens with one attached hydrogen (secondary N) is 2. The molecule has 2 rings (SSSR count). The highest BCUT2D eigenvalue weighted by atomic mass is 32.2. The Kier molecular flexibility index (Phi) is 6.17. The Morgan fingerprint density at radius 1 is 1.08 bits per heavy atom. The number of carbonyl (C=O) groups excluding carboxylic acids is 1. The van der Waals surface area contributed by atoms with Gasteiger partial charge in [-0.15, -0.1) is 0 Å². The third-order valence-corrected chi connectivity index (χ3v) is 5.28. The molecule has 0 bridgehead atoms. The zero-order valence-corrected chi connectivity index (χ0v) is 15.3. The first kappa shape index (κ1) is 19.0. The summed E-state index contributed by atoms with van der Waals surface area (Å²) >= 11 is 0. The van der Waals surface area contributed by atoms with Crippen LogP contribution in [-0.4, -0.2) is 28.0 Å². The fourth-order valence-electron chi connectivity index (χ4n) is 2.37. The van der Waals surface area contributed by atoms with Crippen LogP contribution in [0.4, 0.5) is 0 Å². The quantitative estimate of drug-likeness (QED) is 0.788. The highest BCUT2D eigenvalue weighted by Crippen LogP contribution is 2.25. The predicted molar refractivity (Wildman–Crippen MR) is 95.9 cm³/mol. The molecule has 25 heavy (non-hydrogen) atoms. The summed E-state index contributed by atoms with van der Waals surface area (Å²) < 4.78 is 32.4. The van der Waals surface area contributed by atoms with Crippen LogP contribution in [-0.2, 0) is 21.4 Å². The number of rotatable bonds is 7. The number of carbonyl (C=O) groups is 1. The van der Waals surface area contributed by atoms with Crippen LogP contribution in [0.15, 0.2) is 47.4 Å². The standard InChI is InChI=1S/C18H22N2O4S/c1-13-10-17(14(2)9-16(13)24-3)25(22,23)20-12-18(21)19-11-15-7-5-4-6-8-15/h4-10,20H,11-12H2,1-3H3,(H,19,21). The molecule has 2 aromatic carbocycles. The van der Waals surface area contributed by atoms with E-state index in [4.69, 9.17) is 4.74 Å².